The zero-order valence-corrected chi connectivity index (χ0v) is 12.3. The van der Waals surface area contributed by atoms with E-state index in [1.165, 1.54) is 39.3 Å². The monoisotopic (exact) mass is 318 g/mol. The SMILES string of the molecule is C=PS(=S)(=S)SSSSSO. The lowest BCUT2D eigenvalue weighted by Crippen LogP contribution is -1.65. The molecule has 10 heteroatoms. The second-order valence-corrected chi connectivity index (χ2v) is 20.7. The van der Waals surface area contributed by atoms with E-state index in [0.29, 0.717) is 0 Å². The predicted molar refractivity (Wildman–Crippen MR) is 76.7 cm³/mol. The molecule has 11 heavy (non-hydrogen) atoms. The molecule has 1 nitrogen and oxygen atoms in total. The van der Waals surface area contributed by atoms with Gasteiger partial charge in [-0.2, -0.15) is 0 Å². The highest BCUT2D eigenvalue weighted by molar-refractivity contribution is 9.47. The maximum absolute atomic E-state index is 8.33. The summed E-state index contributed by atoms with van der Waals surface area (Å²) in [6.45, 7) is 0. The Morgan fingerprint density at radius 2 is 1.91 bits per heavy atom. The molecule has 0 aromatic carbocycles. The van der Waals surface area contributed by atoms with Crippen LogP contribution in [-0.4, -0.2) is 10.9 Å². The second kappa shape index (κ2) is 8.02. The van der Waals surface area contributed by atoms with Crippen molar-refractivity contribution in [3.05, 3.63) is 0 Å². The Morgan fingerprint density at radius 1 is 1.27 bits per heavy atom. The van der Waals surface area contributed by atoms with Gasteiger partial charge in [-0.3, -0.25) is 0 Å². The van der Waals surface area contributed by atoms with Crippen molar-refractivity contribution in [3.8, 4) is 0 Å². The van der Waals surface area contributed by atoms with E-state index in [1.54, 1.807) is 0 Å². The van der Waals surface area contributed by atoms with Crippen molar-refractivity contribution < 1.29 is 4.55 Å². The van der Waals surface area contributed by atoms with Gasteiger partial charge in [-0.15, -0.1) is 0 Å². The van der Waals surface area contributed by atoms with Crippen molar-refractivity contribution in [2.24, 2.45) is 0 Å². The fraction of sp³-hybridized carbons (Fsp3) is 0. The smallest absolute Gasteiger partial charge is 0.0720 e. The van der Waals surface area contributed by atoms with E-state index in [-0.39, 0.29) is 0 Å². The molecule has 0 spiro atoms. The Balaban J connectivity index is 3.47. The minimum Gasteiger partial charge on any atom is -0.320 e. The zero-order valence-electron chi connectivity index (χ0n) is 4.87. The third kappa shape index (κ3) is 8.99. The lowest BCUT2D eigenvalue weighted by Gasteiger charge is -1.98. The van der Waals surface area contributed by atoms with E-state index in [2.05, 4.69) is 6.30 Å². The Hall–Kier alpha value is 2.67. The molecule has 0 aliphatic carbocycles. The van der Waals surface area contributed by atoms with Gasteiger partial charge in [-0.05, 0) is 29.8 Å². The summed E-state index contributed by atoms with van der Waals surface area (Å²) in [5.74, 6) is -1.42. The predicted octanol–water partition coefficient (Wildman–Crippen LogP) is 4.07. The van der Waals surface area contributed by atoms with Crippen molar-refractivity contribution in [2.75, 3.05) is 0 Å². The largest absolute Gasteiger partial charge is 0.320 e. The number of rotatable bonds is 6. The first-order chi connectivity index (χ1) is 5.12. The molecule has 0 aromatic heterocycles. The minimum absolute atomic E-state index is 0.729. The first-order valence-corrected chi connectivity index (χ1v) is 13.6. The van der Waals surface area contributed by atoms with Gasteiger partial charge in [0.25, 0.3) is 0 Å². The molecule has 0 fully saturated rings. The van der Waals surface area contributed by atoms with Gasteiger partial charge in [0.1, 0.15) is 0 Å². The fourth-order valence-electron chi connectivity index (χ4n) is 0.0917. The van der Waals surface area contributed by atoms with Crippen LogP contribution in [-0.2, 0) is 28.2 Å². The van der Waals surface area contributed by atoms with Gasteiger partial charge in [0.2, 0.25) is 0 Å². The van der Waals surface area contributed by atoms with E-state index in [4.69, 9.17) is 26.9 Å². The lowest BCUT2D eigenvalue weighted by atomic mass is 12.0. The van der Waals surface area contributed by atoms with Crippen LogP contribution in [0.3, 0.4) is 0 Å². The van der Waals surface area contributed by atoms with Crippen LogP contribution in [0.5, 0.6) is 0 Å². The average molecular weight is 319 g/mol. The van der Waals surface area contributed by atoms with Gasteiger partial charge in [0.05, 0.1) is 11.1 Å². The summed E-state index contributed by atoms with van der Waals surface area (Å²) in [6, 6.07) is 0. The van der Waals surface area contributed by atoms with Crippen LogP contribution in [0, 0.1) is 0 Å². The third-order valence-electron chi connectivity index (χ3n) is 0.358. The molecular formula is CH3OPS8. The van der Waals surface area contributed by atoms with Crippen LogP contribution in [0.2, 0.25) is 0 Å². The number of hydrogen-bond donors (Lipinski definition) is 1. The van der Waals surface area contributed by atoms with Gasteiger partial charge in [-0.1, -0.05) is 6.30 Å². The molecule has 0 saturated carbocycles. The molecule has 0 unspecified atom stereocenters. The summed E-state index contributed by atoms with van der Waals surface area (Å²) < 4.78 is 8.33. The molecule has 0 rings (SSSR count). The van der Waals surface area contributed by atoms with E-state index in [9.17, 15) is 0 Å². The summed E-state index contributed by atoms with van der Waals surface area (Å²) in [7, 11) is 6.60. The maximum atomic E-state index is 8.33. The summed E-state index contributed by atoms with van der Waals surface area (Å²) in [4.78, 5) is 0. The Labute approximate surface area is 95.6 Å². The second-order valence-electron chi connectivity index (χ2n) is 0.904. The Kier molecular flexibility index (Phi) is 9.96. The van der Waals surface area contributed by atoms with Crippen molar-refractivity contribution in [2.45, 2.75) is 0 Å². The highest BCUT2D eigenvalue weighted by Crippen LogP contribution is 2.51. The molecule has 0 bridgehead atoms. The van der Waals surface area contributed by atoms with Crippen LogP contribution in [0.15, 0.2) is 0 Å². The van der Waals surface area contributed by atoms with Crippen molar-refractivity contribution in [1.82, 2.24) is 0 Å². The Morgan fingerprint density at radius 3 is 2.36 bits per heavy atom. The van der Waals surface area contributed by atoms with Gasteiger partial charge < -0.3 is 4.55 Å². The molecule has 0 atom stereocenters. The molecule has 0 radical (unpaired) electrons. The molecule has 0 heterocycles. The standard InChI is InChI=1S/CH3OPS8/c1-3-11(4,5)10-9-8-7-6-2/h2H,1H2. The summed E-state index contributed by atoms with van der Waals surface area (Å²) in [6.07, 6.45) is 3.65. The van der Waals surface area contributed by atoms with E-state index in [1.807, 2.05) is 0 Å². The highest BCUT2D eigenvalue weighted by Gasteiger charge is 1.99. The molecule has 0 aromatic rings. The van der Waals surface area contributed by atoms with Gasteiger partial charge >= 0.3 is 0 Å². The highest BCUT2D eigenvalue weighted by atomic mass is 34.0. The van der Waals surface area contributed by atoms with Crippen LogP contribution >= 0.6 is 57.8 Å². The van der Waals surface area contributed by atoms with Crippen molar-refractivity contribution >= 4 is 92.3 Å². The van der Waals surface area contributed by atoms with E-state index < -0.39 is 5.80 Å². The van der Waals surface area contributed by atoms with Crippen LogP contribution < -0.4 is 0 Å². The van der Waals surface area contributed by atoms with Gasteiger partial charge in [-0.25, -0.2) is 0 Å². The number of hydrogen-bond acceptors (Lipinski definition) is 8. The van der Waals surface area contributed by atoms with Crippen LogP contribution in [0.4, 0.5) is 0 Å². The molecule has 0 aliphatic rings. The van der Waals surface area contributed by atoms with Gasteiger partial charge in [0, 0.05) is 45.1 Å². The van der Waals surface area contributed by atoms with Crippen molar-refractivity contribution in [1.29, 1.82) is 0 Å². The first kappa shape index (κ1) is 13.7. The normalized spacial score (nSPS) is 12.1. The molecule has 66 valence electrons. The van der Waals surface area contributed by atoms with Crippen LogP contribution in [0.1, 0.15) is 0 Å². The van der Waals surface area contributed by atoms with E-state index in [0.717, 1.165) is 18.5 Å². The zero-order chi connectivity index (χ0) is 8.74. The first-order valence-electron chi connectivity index (χ1n) is 1.85. The Bertz CT molecular complexity index is 194. The quantitative estimate of drug-likeness (QED) is 0.338. The lowest BCUT2D eigenvalue weighted by molar-refractivity contribution is 0.676. The van der Waals surface area contributed by atoms with Gasteiger partial charge in [0.15, 0.2) is 0 Å². The molecule has 0 amide bonds. The minimum atomic E-state index is -1.42. The average Bonchev–Trinajstić information content (AvgIpc) is 1.99. The van der Waals surface area contributed by atoms with Crippen LogP contribution in [0.25, 0.3) is 0 Å². The third-order valence-corrected chi connectivity index (χ3v) is 18.8. The topological polar surface area (TPSA) is 20.2 Å². The summed E-state index contributed by atoms with van der Waals surface area (Å²) in [5.41, 5.74) is 0. The molecule has 0 aliphatic heterocycles. The maximum Gasteiger partial charge on any atom is 0.0720 e. The molecule has 1 N–H and O–H groups in total. The van der Waals surface area contributed by atoms with Crippen molar-refractivity contribution in [3.63, 3.8) is 0 Å². The molecular weight excluding hydrogens is 316 g/mol. The summed E-state index contributed by atoms with van der Waals surface area (Å²) in [5, 5.41) is 0. The fourth-order valence-corrected chi connectivity index (χ4v) is 16.8. The molecule has 0 saturated heterocycles. The summed E-state index contributed by atoms with van der Waals surface area (Å²) >= 11 is 10.9. The van der Waals surface area contributed by atoms with E-state index >= 15 is 0 Å².